The third-order valence-corrected chi connectivity index (χ3v) is 8.94. The first-order chi connectivity index (χ1) is 21.9. The van der Waals surface area contributed by atoms with Crippen molar-refractivity contribution in [2.45, 2.75) is 32.6 Å². The van der Waals surface area contributed by atoms with Crippen LogP contribution >= 0.6 is 0 Å². The van der Waals surface area contributed by atoms with Gasteiger partial charge in [-0.15, -0.1) is 0 Å². The molecule has 2 aliphatic rings. The minimum atomic E-state index is -0.646. The van der Waals surface area contributed by atoms with Gasteiger partial charge in [-0.2, -0.15) is 5.10 Å². The lowest BCUT2D eigenvalue weighted by atomic mass is 9.96. The maximum absolute atomic E-state index is 14.2. The number of fused-ring (bicyclic) bond motifs is 2. The Balaban J connectivity index is 1.07. The van der Waals surface area contributed by atoms with Crippen LogP contribution in [0.1, 0.15) is 40.8 Å². The summed E-state index contributed by atoms with van der Waals surface area (Å²) in [6, 6.07) is 8.70. The number of phenols is 1. The number of anilines is 1. The second-order valence-electron chi connectivity index (χ2n) is 11.9. The maximum Gasteiger partial charge on any atom is 0.274 e. The number of imidazole rings is 1. The van der Waals surface area contributed by atoms with Gasteiger partial charge in [0, 0.05) is 56.6 Å². The van der Waals surface area contributed by atoms with Crippen molar-refractivity contribution in [2.75, 3.05) is 51.2 Å². The number of aromatic nitrogens is 6. The van der Waals surface area contributed by atoms with E-state index in [9.17, 15) is 14.3 Å². The van der Waals surface area contributed by atoms with Gasteiger partial charge in [-0.3, -0.25) is 14.9 Å². The zero-order valence-electron chi connectivity index (χ0n) is 25.5. The van der Waals surface area contributed by atoms with Gasteiger partial charge < -0.3 is 24.8 Å². The SMILES string of the molecule is CCc1cc(O)c(F)cc1-c1ccc2c(-c3nc4c([nH]3)CCN(C(=O)c3cncc(N5CCCN(C)CC5)n3)CC4)n[nH]c2c1. The van der Waals surface area contributed by atoms with Crippen LogP contribution in [0.25, 0.3) is 33.5 Å². The number of rotatable bonds is 5. The van der Waals surface area contributed by atoms with E-state index in [0.717, 1.165) is 77.4 Å². The molecule has 0 spiro atoms. The van der Waals surface area contributed by atoms with Crippen LogP contribution in [0.2, 0.25) is 0 Å². The summed E-state index contributed by atoms with van der Waals surface area (Å²) in [5, 5.41) is 18.4. The lowest BCUT2D eigenvalue weighted by Crippen LogP contribution is -2.35. The number of halogens is 1. The third-order valence-electron chi connectivity index (χ3n) is 8.94. The Bertz CT molecular complexity index is 1860. The fourth-order valence-electron chi connectivity index (χ4n) is 6.36. The molecule has 2 aliphatic heterocycles. The number of aromatic hydroxyl groups is 1. The second-order valence-corrected chi connectivity index (χ2v) is 11.9. The molecule has 12 heteroatoms. The van der Waals surface area contributed by atoms with Crippen molar-refractivity contribution < 1.29 is 14.3 Å². The second kappa shape index (κ2) is 11.9. The molecule has 11 nitrogen and oxygen atoms in total. The van der Waals surface area contributed by atoms with Gasteiger partial charge in [-0.05, 0) is 67.4 Å². The van der Waals surface area contributed by atoms with Crippen LogP contribution < -0.4 is 4.90 Å². The van der Waals surface area contributed by atoms with E-state index in [2.05, 4.69) is 37.0 Å². The summed E-state index contributed by atoms with van der Waals surface area (Å²) < 4.78 is 14.2. The number of aryl methyl sites for hydroxylation is 1. The highest BCUT2D eigenvalue weighted by Gasteiger charge is 2.25. The van der Waals surface area contributed by atoms with Crippen LogP contribution in [0.15, 0.2) is 42.7 Å². The van der Waals surface area contributed by atoms with Crippen LogP contribution in [0.3, 0.4) is 0 Å². The first-order valence-corrected chi connectivity index (χ1v) is 15.5. The molecule has 1 saturated heterocycles. The van der Waals surface area contributed by atoms with E-state index in [4.69, 9.17) is 9.97 Å². The first kappa shape index (κ1) is 28.9. The summed E-state index contributed by atoms with van der Waals surface area (Å²) in [6.07, 6.45) is 6.26. The number of carbonyl (C=O) groups is 1. The summed E-state index contributed by atoms with van der Waals surface area (Å²) in [5.41, 5.74) is 6.23. The van der Waals surface area contributed by atoms with E-state index in [1.54, 1.807) is 12.4 Å². The van der Waals surface area contributed by atoms with Crippen molar-refractivity contribution in [1.82, 2.24) is 39.9 Å². The van der Waals surface area contributed by atoms with Gasteiger partial charge in [0.15, 0.2) is 17.4 Å². The quantitative estimate of drug-likeness (QED) is 0.270. The molecule has 1 fully saturated rings. The number of hydrogen-bond donors (Lipinski definition) is 3. The van der Waals surface area contributed by atoms with E-state index >= 15 is 0 Å². The number of nitrogens with zero attached hydrogens (tertiary/aromatic N) is 7. The molecule has 0 aliphatic carbocycles. The highest BCUT2D eigenvalue weighted by atomic mass is 19.1. The van der Waals surface area contributed by atoms with Crippen molar-refractivity contribution in [3.8, 4) is 28.4 Å². The van der Waals surface area contributed by atoms with Gasteiger partial charge in [-0.25, -0.2) is 14.4 Å². The zero-order chi connectivity index (χ0) is 31.1. The largest absolute Gasteiger partial charge is 0.505 e. The van der Waals surface area contributed by atoms with E-state index < -0.39 is 5.82 Å². The van der Waals surface area contributed by atoms with E-state index in [1.807, 2.05) is 30.0 Å². The summed E-state index contributed by atoms with van der Waals surface area (Å²) in [5.74, 6) is 0.320. The summed E-state index contributed by atoms with van der Waals surface area (Å²) in [4.78, 5) is 37.3. The van der Waals surface area contributed by atoms with Crippen molar-refractivity contribution in [1.29, 1.82) is 0 Å². The number of hydrogen-bond acceptors (Lipinski definition) is 8. The smallest absolute Gasteiger partial charge is 0.274 e. The number of phenolic OH excluding ortho intramolecular Hbond substituents is 1. The monoisotopic (exact) mass is 609 g/mol. The number of benzene rings is 2. The molecule has 0 bridgehead atoms. The van der Waals surface area contributed by atoms with Gasteiger partial charge >= 0.3 is 0 Å². The Labute approximate surface area is 260 Å². The van der Waals surface area contributed by atoms with Crippen LogP contribution in [-0.2, 0) is 19.3 Å². The standard InChI is InChI=1S/C33H36FN9O2/c1-3-20-16-29(44)24(34)17-23(20)21-5-6-22-27(15-21)39-40-31(22)32-37-25-7-11-43(12-8-26(25)38-32)33(45)28-18-35-19-30(36-28)42-10-4-9-41(2)13-14-42/h5-6,15-19,44H,3-4,7-14H2,1-2H3,(H,37,38)(H,39,40). The van der Waals surface area contributed by atoms with Gasteiger partial charge in [0.2, 0.25) is 0 Å². The number of aromatic amines is 2. The molecule has 3 N–H and O–H groups in total. The number of carbonyl (C=O) groups excluding carboxylic acids is 1. The minimum absolute atomic E-state index is 0.115. The average Bonchev–Trinajstić information content (AvgIpc) is 3.52. The fourth-order valence-corrected chi connectivity index (χ4v) is 6.36. The lowest BCUT2D eigenvalue weighted by molar-refractivity contribution is 0.0756. The Hall–Kier alpha value is -4.84. The molecule has 232 valence electrons. The van der Waals surface area contributed by atoms with E-state index in [0.29, 0.717) is 49.6 Å². The molecule has 7 rings (SSSR count). The van der Waals surface area contributed by atoms with Crippen molar-refractivity contribution in [2.24, 2.45) is 0 Å². The molecule has 5 heterocycles. The van der Waals surface area contributed by atoms with Crippen molar-refractivity contribution in [3.63, 3.8) is 0 Å². The third kappa shape index (κ3) is 5.61. The van der Waals surface area contributed by atoms with Crippen molar-refractivity contribution in [3.05, 3.63) is 71.2 Å². The molecule has 2 aromatic carbocycles. The van der Waals surface area contributed by atoms with Gasteiger partial charge in [-0.1, -0.05) is 13.0 Å². The molecular formula is C33H36FN9O2. The van der Waals surface area contributed by atoms with Crippen molar-refractivity contribution >= 4 is 22.6 Å². The molecule has 0 saturated carbocycles. The maximum atomic E-state index is 14.2. The normalized spacial score (nSPS) is 16.1. The lowest BCUT2D eigenvalue weighted by Gasteiger charge is -2.23. The Morgan fingerprint density at radius 2 is 1.89 bits per heavy atom. The van der Waals surface area contributed by atoms with E-state index in [-0.39, 0.29) is 11.7 Å². The van der Waals surface area contributed by atoms with Gasteiger partial charge in [0.05, 0.1) is 23.6 Å². The predicted octanol–water partition coefficient (Wildman–Crippen LogP) is 4.20. The van der Waals surface area contributed by atoms with Gasteiger partial charge in [0.1, 0.15) is 17.2 Å². The molecule has 0 radical (unpaired) electrons. The number of likely N-dealkylation sites (N-methyl/N-ethyl adjacent to an activating group) is 1. The molecule has 0 unspecified atom stereocenters. The average molecular weight is 610 g/mol. The van der Waals surface area contributed by atoms with Crippen LogP contribution in [-0.4, -0.2) is 97.3 Å². The van der Waals surface area contributed by atoms with Crippen LogP contribution in [0.4, 0.5) is 10.2 Å². The molecule has 0 atom stereocenters. The molecular weight excluding hydrogens is 573 g/mol. The Morgan fingerprint density at radius 3 is 2.76 bits per heavy atom. The summed E-state index contributed by atoms with van der Waals surface area (Å²) in [7, 11) is 2.13. The number of amides is 1. The highest BCUT2D eigenvalue weighted by molar-refractivity contribution is 5.94. The van der Waals surface area contributed by atoms with Crippen LogP contribution in [0.5, 0.6) is 5.75 Å². The molecule has 3 aromatic heterocycles. The van der Waals surface area contributed by atoms with Crippen LogP contribution in [0, 0.1) is 5.82 Å². The topological polar surface area (TPSA) is 130 Å². The highest BCUT2D eigenvalue weighted by Crippen LogP contribution is 2.34. The van der Waals surface area contributed by atoms with E-state index in [1.165, 1.54) is 12.1 Å². The predicted molar refractivity (Wildman–Crippen MR) is 170 cm³/mol. The minimum Gasteiger partial charge on any atom is -0.505 e. The number of H-pyrrole nitrogens is 2. The number of nitrogens with one attached hydrogen (secondary N) is 2. The van der Waals surface area contributed by atoms with Gasteiger partial charge in [0.25, 0.3) is 5.91 Å². The zero-order valence-corrected chi connectivity index (χ0v) is 25.5. The Kier molecular flexibility index (Phi) is 7.66. The molecule has 45 heavy (non-hydrogen) atoms. The Morgan fingerprint density at radius 1 is 1.02 bits per heavy atom. The summed E-state index contributed by atoms with van der Waals surface area (Å²) >= 11 is 0. The fraction of sp³-hybridized carbons (Fsp3) is 0.364. The summed E-state index contributed by atoms with van der Waals surface area (Å²) in [6.45, 7) is 6.81. The molecule has 1 amide bonds. The first-order valence-electron chi connectivity index (χ1n) is 15.5. The molecule has 5 aromatic rings.